The zero-order valence-electron chi connectivity index (χ0n) is 9.13. The summed E-state index contributed by atoms with van der Waals surface area (Å²) in [6.45, 7) is 4.06. The number of halogens is 2. The Balaban J connectivity index is 2.31. The third-order valence-corrected chi connectivity index (χ3v) is 3.60. The molecule has 0 aromatic heterocycles. The Kier molecular flexibility index (Phi) is 2.32. The lowest BCUT2D eigenvalue weighted by atomic mass is 9.56. The Bertz CT molecular complexity index is 333. The van der Waals surface area contributed by atoms with Gasteiger partial charge in [0, 0.05) is 18.3 Å². The maximum Gasteiger partial charge on any atom is 0.249 e. The largest absolute Gasteiger partial charge is 0.249 e. The van der Waals surface area contributed by atoms with E-state index in [1.165, 1.54) is 0 Å². The van der Waals surface area contributed by atoms with Crippen molar-refractivity contribution in [2.45, 2.75) is 38.0 Å². The van der Waals surface area contributed by atoms with Crippen LogP contribution >= 0.6 is 0 Å². The summed E-state index contributed by atoms with van der Waals surface area (Å²) in [5, 5.41) is 0. The van der Waals surface area contributed by atoms with Crippen LogP contribution < -0.4 is 0 Å². The van der Waals surface area contributed by atoms with Crippen LogP contribution in [0.25, 0.3) is 0 Å². The first-order chi connectivity index (χ1) is 6.96. The molecule has 0 N–H and O–H groups in total. The van der Waals surface area contributed by atoms with Gasteiger partial charge in [-0.1, -0.05) is 44.2 Å². The van der Waals surface area contributed by atoms with Crippen LogP contribution in [0.1, 0.15) is 32.3 Å². The average Bonchev–Trinajstić information content (AvgIpc) is 2.14. The van der Waals surface area contributed by atoms with Crippen LogP contribution in [-0.2, 0) is 5.41 Å². The van der Waals surface area contributed by atoms with Crippen LogP contribution in [-0.4, -0.2) is 5.92 Å². The van der Waals surface area contributed by atoms with Crippen molar-refractivity contribution in [2.75, 3.05) is 0 Å². The van der Waals surface area contributed by atoms with Gasteiger partial charge in [-0.2, -0.15) is 0 Å². The van der Waals surface area contributed by atoms with Gasteiger partial charge in [-0.3, -0.25) is 0 Å². The minimum absolute atomic E-state index is 0.00167. The molecule has 1 aliphatic rings. The second kappa shape index (κ2) is 3.29. The highest BCUT2D eigenvalue weighted by Crippen LogP contribution is 2.57. The molecule has 1 aromatic rings. The summed E-state index contributed by atoms with van der Waals surface area (Å²) < 4.78 is 26.2. The minimum atomic E-state index is -2.46. The SMILES string of the molecule is CC(C)C1(c2ccccc2)CC(F)(F)C1. The van der Waals surface area contributed by atoms with Crippen LogP contribution in [0.2, 0.25) is 0 Å². The predicted octanol–water partition coefficient (Wildman–Crippen LogP) is 4.01. The lowest BCUT2D eigenvalue weighted by Crippen LogP contribution is -2.52. The molecule has 0 heterocycles. The van der Waals surface area contributed by atoms with E-state index in [1.54, 1.807) is 0 Å². The molecule has 0 aliphatic heterocycles. The van der Waals surface area contributed by atoms with Gasteiger partial charge in [0.05, 0.1) is 0 Å². The second-order valence-corrected chi connectivity index (χ2v) is 4.89. The molecule has 1 saturated carbocycles. The van der Waals surface area contributed by atoms with Crippen molar-refractivity contribution in [3.63, 3.8) is 0 Å². The van der Waals surface area contributed by atoms with Gasteiger partial charge in [0.1, 0.15) is 0 Å². The second-order valence-electron chi connectivity index (χ2n) is 4.89. The lowest BCUT2D eigenvalue weighted by molar-refractivity contribution is -0.141. The fourth-order valence-corrected chi connectivity index (χ4v) is 2.59. The number of rotatable bonds is 2. The summed E-state index contributed by atoms with van der Waals surface area (Å²) >= 11 is 0. The van der Waals surface area contributed by atoms with Gasteiger partial charge < -0.3 is 0 Å². The molecule has 0 atom stereocenters. The van der Waals surface area contributed by atoms with Crippen molar-refractivity contribution in [1.82, 2.24) is 0 Å². The summed E-state index contributed by atoms with van der Waals surface area (Å²) in [6, 6.07) is 9.71. The first-order valence-electron chi connectivity index (χ1n) is 5.40. The molecule has 82 valence electrons. The molecule has 0 unspecified atom stereocenters. The van der Waals surface area contributed by atoms with E-state index in [4.69, 9.17) is 0 Å². The van der Waals surface area contributed by atoms with E-state index in [0.717, 1.165) is 5.56 Å². The summed E-state index contributed by atoms with van der Waals surface area (Å²) in [5.74, 6) is -2.19. The van der Waals surface area contributed by atoms with Crippen molar-refractivity contribution in [2.24, 2.45) is 5.92 Å². The molecule has 0 bridgehead atoms. The Morgan fingerprint density at radius 2 is 1.60 bits per heavy atom. The van der Waals surface area contributed by atoms with Crippen molar-refractivity contribution >= 4 is 0 Å². The van der Waals surface area contributed by atoms with Crippen LogP contribution in [0, 0.1) is 5.92 Å². The molecular weight excluding hydrogens is 194 g/mol. The average molecular weight is 210 g/mol. The third-order valence-electron chi connectivity index (χ3n) is 3.60. The molecule has 15 heavy (non-hydrogen) atoms. The first-order valence-corrected chi connectivity index (χ1v) is 5.40. The standard InChI is InChI=1S/C13H16F2/c1-10(2)12(8-13(14,15)9-12)11-6-4-3-5-7-11/h3-7,10H,8-9H2,1-2H3. The summed E-state index contributed by atoms with van der Waals surface area (Å²) in [4.78, 5) is 0. The van der Waals surface area contributed by atoms with Gasteiger partial charge >= 0.3 is 0 Å². The fourth-order valence-electron chi connectivity index (χ4n) is 2.59. The van der Waals surface area contributed by atoms with Crippen LogP contribution in [0.15, 0.2) is 30.3 Å². The van der Waals surface area contributed by atoms with Crippen molar-refractivity contribution in [1.29, 1.82) is 0 Å². The Morgan fingerprint density at radius 1 is 1.07 bits per heavy atom. The highest BCUT2D eigenvalue weighted by molar-refractivity contribution is 5.31. The number of hydrogen-bond acceptors (Lipinski definition) is 0. The van der Waals surface area contributed by atoms with E-state index in [1.807, 2.05) is 44.2 Å². The normalized spacial score (nSPS) is 22.5. The van der Waals surface area contributed by atoms with E-state index in [2.05, 4.69) is 0 Å². The Morgan fingerprint density at radius 3 is 2.00 bits per heavy atom. The van der Waals surface area contributed by atoms with Crippen LogP contribution in [0.5, 0.6) is 0 Å². The molecular formula is C13H16F2. The van der Waals surface area contributed by atoms with E-state index in [9.17, 15) is 8.78 Å². The highest BCUT2D eigenvalue weighted by atomic mass is 19.3. The van der Waals surface area contributed by atoms with Gasteiger partial charge in [-0.15, -0.1) is 0 Å². The zero-order chi connectivity index (χ0) is 11.1. The Hall–Kier alpha value is -0.920. The monoisotopic (exact) mass is 210 g/mol. The number of alkyl halides is 2. The molecule has 1 aliphatic carbocycles. The quantitative estimate of drug-likeness (QED) is 0.691. The smallest absolute Gasteiger partial charge is 0.207 e. The fraction of sp³-hybridized carbons (Fsp3) is 0.538. The van der Waals surface area contributed by atoms with E-state index in [0.29, 0.717) is 0 Å². The number of hydrogen-bond donors (Lipinski definition) is 0. The van der Waals surface area contributed by atoms with Gasteiger partial charge in [-0.05, 0) is 11.5 Å². The van der Waals surface area contributed by atoms with Crippen molar-refractivity contribution in [3.8, 4) is 0 Å². The lowest BCUT2D eigenvalue weighted by Gasteiger charge is -2.50. The molecule has 0 nitrogen and oxygen atoms in total. The van der Waals surface area contributed by atoms with Gasteiger partial charge in [-0.25, -0.2) is 8.78 Å². The molecule has 0 amide bonds. The van der Waals surface area contributed by atoms with Crippen LogP contribution in [0.3, 0.4) is 0 Å². The molecule has 0 spiro atoms. The van der Waals surface area contributed by atoms with Crippen molar-refractivity contribution < 1.29 is 8.78 Å². The molecule has 2 heteroatoms. The number of benzene rings is 1. The minimum Gasteiger partial charge on any atom is -0.207 e. The van der Waals surface area contributed by atoms with Crippen molar-refractivity contribution in [3.05, 3.63) is 35.9 Å². The third kappa shape index (κ3) is 1.66. The summed E-state index contributed by atoms with van der Waals surface area (Å²) in [6.07, 6.45) is 0.00333. The summed E-state index contributed by atoms with van der Waals surface area (Å²) in [5.41, 5.74) is 0.760. The van der Waals surface area contributed by atoms with E-state index < -0.39 is 5.92 Å². The van der Waals surface area contributed by atoms with E-state index in [-0.39, 0.29) is 24.2 Å². The predicted molar refractivity (Wildman–Crippen MR) is 57.1 cm³/mol. The molecule has 1 fully saturated rings. The molecule has 1 aromatic carbocycles. The molecule has 2 rings (SSSR count). The first kappa shape index (κ1) is 10.6. The Labute approximate surface area is 89.3 Å². The maximum absolute atomic E-state index is 13.1. The van der Waals surface area contributed by atoms with Gasteiger partial charge in [0.25, 0.3) is 0 Å². The molecule has 0 radical (unpaired) electrons. The topological polar surface area (TPSA) is 0 Å². The maximum atomic E-state index is 13.1. The molecule has 0 saturated heterocycles. The van der Waals surface area contributed by atoms with E-state index >= 15 is 0 Å². The van der Waals surface area contributed by atoms with Crippen LogP contribution in [0.4, 0.5) is 8.78 Å². The van der Waals surface area contributed by atoms with Gasteiger partial charge in [0.15, 0.2) is 0 Å². The zero-order valence-corrected chi connectivity index (χ0v) is 9.13. The summed E-state index contributed by atoms with van der Waals surface area (Å²) in [7, 11) is 0. The highest BCUT2D eigenvalue weighted by Gasteiger charge is 2.58. The van der Waals surface area contributed by atoms with Gasteiger partial charge in [0.2, 0.25) is 5.92 Å².